The summed E-state index contributed by atoms with van der Waals surface area (Å²) in [7, 11) is 3.40. The van der Waals surface area contributed by atoms with E-state index in [0.717, 1.165) is 51.6 Å². The van der Waals surface area contributed by atoms with E-state index in [0.29, 0.717) is 48.6 Å². The third-order valence-electron chi connectivity index (χ3n) is 7.98. The normalized spacial score (nSPS) is 22.3. The average molecular weight is 549 g/mol. The van der Waals surface area contributed by atoms with Gasteiger partial charge in [-0.3, -0.25) is 14.4 Å². The minimum Gasteiger partial charge on any atom is -0.493 e. The van der Waals surface area contributed by atoms with Gasteiger partial charge in [0.1, 0.15) is 11.8 Å². The molecule has 1 aromatic rings. The second-order valence-electron chi connectivity index (χ2n) is 11.0. The lowest BCUT2D eigenvalue weighted by atomic mass is 9.94. The Hall–Kier alpha value is -2.32. The molecule has 2 aliphatic rings. The first-order valence-electron chi connectivity index (χ1n) is 14.1. The molecule has 38 heavy (non-hydrogen) atoms. The van der Waals surface area contributed by atoms with E-state index in [-0.39, 0.29) is 23.6 Å². The van der Waals surface area contributed by atoms with Crippen LogP contribution in [0.2, 0.25) is 5.02 Å². The van der Waals surface area contributed by atoms with Crippen LogP contribution < -0.4 is 4.74 Å². The number of carbonyl (C=O) groups is 3. The Bertz CT molecular complexity index is 964. The fourth-order valence-electron chi connectivity index (χ4n) is 5.25. The second-order valence-corrected chi connectivity index (χ2v) is 11.4. The van der Waals surface area contributed by atoms with Gasteiger partial charge >= 0.3 is 0 Å². The summed E-state index contributed by atoms with van der Waals surface area (Å²) in [4.78, 5) is 47.5. The number of rotatable bonds is 2. The molecule has 1 saturated heterocycles. The van der Waals surface area contributed by atoms with Gasteiger partial charge in [-0.1, -0.05) is 11.6 Å². The van der Waals surface area contributed by atoms with Crippen LogP contribution in [0.5, 0.6) is 5.75 Å². The summed E-state index contributed by atoms with van der Waals surface area (Å²) in [5, 5.41) is 0.435. The minimum atomic E-state index is -0.634. The number of likely N-dealkylation sites (N-methyl/N-ethyl adjacent to an activating group) is 2. The number of hydrogen-bond acceptors (Lipinski definition) is 5. The molecule has 1 aromatic carbocycles. The summed E-state index contributed by atoms with van der Waals surface area (Å²) in [6, 6.07) is 4.87. The molecule has 9 heteroatoms. The highest BCUT2D eigenvalue weighted by molar-refractivity contribution is 6.31. The van der Waals surface area contributed by atoms with Gasteiger partial charge in [-0.05, 0) is 90.6 Å². The van der Waals surface area contributed by atoms with Gasteiger partial charge < -0.3 is 24.3 Å². The van der Waals surface area contributed by atoms with Crippen LogP contribution in [0.15, 0.2) is 18.2 Å². The number of carbonyl (C=O) groups excluding carboxylic acids is 3. The Morgan fingerprint density at radius 3 is 2.26 bits per heavy atom. The lowest BCUT2D eigenvalue weighted by molar-refractivity contribution is -0.138. The number of ether oxygens (including phenoxy) is 1. The van der Waals surface area contributed by atoms with E-state index in [9.17, 15) is 14.4 Å². The summed E-state index contributed by atoms with van der Waals surface area (Å²) < 4.78 is 6.01. The zero-order chi connectivity index (χ0) is 27.8. The number of likely N-dealkylation sites (tertiary alicyclic amines) is 1. The Morgan fingerprint density at radius 1 is 0.974 bits per heavy atom. The van der Waals surface area contributed by atoms with Crippen LogP contribution in [-0.2, 0) is 9.59 Å². The quantitative estimate of drug-likeness (QED) is 0.555. The molecule has 0 radical (unpaired) electrons. The maximum absolute atomic E-state index is 13.5. The summed E-state index contributed by atoms with van der Waals surface area (Å²) >= 11 is 6.20. The summed E-state index contributed by atoms with van der Waals surface area (Å²) in [6.07, 6.45) is 5.03. The van der Waals surface area contributed by atoms with Crippen molar-refractivity contribution in [3.63, 3.8) is 0 Å². The molecule has 0 aliphatic carbocycles. The van der Waals surface area contributed by atoms with Gasteiger partial charge in [0, 0.05) is 50.7 Å². The van der Waals surface area contributed by atoms with Gasteiger partial charge in [0.25, 0.3) is 5.91 Å². The predicted molar refractivity (Wildman–Crippen MR) is 151 cm³/mol. The van der Waals surface area contributed by atoms with Crippen LogP contribution in [0.1, 0.15) is 69.7 Å². The largest absolute Gasteiger partial charge is 0.493 e. The van der Waals surface area contributed by atoms with E-state index >= 15 is 0 Å². The molecule has 3 amide bonds. The number of nitrogens with zero attached hydrogens (tertiary/aromatic N) is 4. The molecule has 2 heterocycles. The lowest BCUT2D eigenvalue weighted by Gasteiger charge is -2.36. The van der Waals surface area contributed by atoms with Crippen molar-refractivity contribution in [2.45, 2.75) is 71.4 Å². The predicted octanol–water partition coefficient (Wildman–Crippen LogP) is 4.16. The number of halogens is 1. The number of benzene rings is 1. The molecule has 0 spiro atoms. The smallest absolute Gasteiger partial charge is 0.258 e. The van der Waals surface area contributed by atoms with Gasteiger partial charge in [-0.2, -0.15) is 0 Å². The summed E-state index contributed by atoms with van der Waals surface area (Å²) in [5.74, 6) is 0.366. The zero-order valence-electron chi connectivity index (χ0n) is 23.7. The molecule has 2 aliphatic heterocycles. The van der Waals surface area contributed by atoms with Crippen molar-refractivity contribution >= 4 is 29.3 Å². The standard InChI is InChI=1S/C29H45ClN4O4/c1-21(2)33-17-12-23(13-18-33)28(36)34-15-7-6-14-31(4)27(35)22(3)32(5)29(37)25-20-24(30)10-11-26(25)38-19-9-8-16-34/h10-11,20-23H,6-9,12-19H2,1-5H3/t22-/m0/s1. The molecular weight excluding hydrogens is 504 g/mol. The van der Waals surface area contributed by atoms with Crippen LogP contribution in [0.4, 0.5) is 0 Å². The third-order valence-corrected chi connectivity index (χ3v) is 8.21. The van der Waals surface area contributed by atoms with E-state index < -0.39 is 6.04 Å². The van der Waals surface area contributed by atoms with E-state index in [1.54, 1.807) is 44.1 Å². The molecule has 1 fully saturated rings. The summed E-state index contributed by atoms with van der Waals surface area (Å²) in [6.45, 7) is 10.5. The molecule has 0 saturated carbocycles. The number of hydrogen-bond donors (Lipinski definition) is 0. The van der Waals surface area contributed by atoms with Gasteiger partial charge in [0.2, 0.25) is 11.8 Å². The van der Waals surface area contributed by atoms with E-state index in [1.807, 2.05) is 4.90 Å². The van der Waals surface area contributed by atoms with E-state index in [1.165, 1.54) is 4.90 Å². The maximum Gasteiger partial charge on any atom is 0.258 e. The van der Waals surface area contributed by atoms with E-state index in [4.69, 9.17) is 16.3 Å². The maximum atomic E-state index is 13.5. The molecule has 0 aromatic heterocycles. The minimum absolute atomic E-state index is 0.0821. The van der Waals surface area contributed by atoms with Crippen molar-refractivity contribution in [3.8, 4) is 5.75 Å². The van der Waals surface area contributed by atoms with Crippen LogP contribution in [-0.4, -0.2) is 103 Å². The Kier molecular flexibility index (Phi) is 11.3. The first kappa shape index (κ1) is 30.2. The lowest BCUT2D eigenvalue weighted by Crippen LogP contribution is -2.47. The Labute approximate surface area is 233 Å². The second kappa shape index (κ2) is 14.2. The highest BCUT2D eigenvalue weighted by atomic mass is 35.5. The molecule has 0 unspecified atom stereocenters. The molecule has 0 bridgehead atoms. The van der Waals surface area contributed by atoms with Gasteiger partial charge in [-0.15, -0.1) is 0 Å². The Morgan fingerprint density at radius 2 is 1.61 bits per heavy atom. The first-order valence-corrected chi connectivity index (χ1v) is 14.4. The molecule has 3 rings (SSSR count). The van der Waals surface area contributed by atoms with E-state index in [2.05, 4.69) is 18.7 Å². The van der Waals surface area contributed by atoms with Crippen molar-refractivity contribution in [2.24, 2.45) is 5.92 Å². The molecule has 212 valence electrons. The molecular formula is C29H45ClN4O4. The first-order chi connectivity index (χ1) is 18.1. The highest BCUT2D eigenvalue weighted by Crippen LogP contribution is 2.26. The highest BCUT2D eigenvalue weighted by Gasteiger charge is 2.30. The third kappa shape index (κ3) is 7.85. The SMILES string of the molecule is CC(C)N1CCC(C(=O)N2CCCCOc3ccc(Cl)cc3C(=O)N(C)[C@@H](C)C(=O)N(C)CCCC2)CC1. The zero-order valence-corrected chi connectivity index (χ0v) is 24.5. The van der Waals surface area contributed by atoms with Gasteiger partial charge in [0.15, 0.2) is 0 Å². The summed E-state index contributed by atoms with van der Waals surface area (Å²) in [5.41, 5.74) is 0.344. The van der Waals surface area contributed by atoms with Crippen molar-refractivity contribution in [1.82, 2.24) is 19.6 Å². The average Bonchev–Trinajstić information content (AvgIpc) is 2.92. The van der Waals surface area contributed by atoms with Crippen molar-refractivity contribution in [1.29, 1.82) is 0 Å². The number of fused-ring (bicyclic) bond motifs is 1. The van der Waals surface area contributed by atoms with Crippen molar-refractivity contribution in [2.75, 3.05) is 53.4 Å². The van der Waals surface area contributed by atoms with Crippen molar-refractivity contribution in [3.05, 3.63) is 28.8 Å². The molecule has 1 atom stereocenters. The fraction of sp³-hybridized carbons (Fsp3) is 0.690. The van der Waals surface area contributed by atoms with Gasteiger partial charge in [-0.25, -0.2) is 0 Å². The van der Waals surface area contributed by atoms with Crippen LogP contribution in [0, 0.1) is 5.92 Å². The number of piperidine rings is 1. The van der Waals surface area contributed by atoms with Crippen LogP contribution in [0.25, 0.3) is 0 Å². The van der Waals surface area contributed by atoms with Crippen LogP contribution >= 0.6 is 11.6 Å². The van der Waals surface area contributed by atoms with Gasteiger partial charge in [0.05, 0.1) is 12.2 Å². The Balaban J connectivity index is 1.72. The molecule has 8 nitrogen and oxygen atoms in total. The van der Waals surface area contributed by atoms with Crippen LogP contribution in [0.3, 0.4) is 0 Å². The topological polar surface area (TPSA) is 73.4 Å². The molecule has 0 N–H and O–H groups in total. The number of amides is 3. The van der Waals surface area contributed by atoms with Crippen molar-refractivity contribution < 1.29 is 19.1 Å². The fourth-order valence-corrected chi connectivity index (χ4v) is 5.42. The monoisotopic (exact) mass is 548 g/mol.